The predicted molar refractivity (Wildman–Crippen MR) is 89.5 cm³/mol. The second-order valence-corrected chi connectivity index (χ2v) is 5.83. The van der Waals surface area contributed by atoms with E-state index in [1.54, 1.807) is 6.07 Å². The summed E-state index contributed by atoms with van der Waals surface area (Å²) in [7, 11) is 0. The average molecular weight is 326 g/mol. The summed E-state index contributed by atoms with van der Waals surface area (Å²) in [4.78, 5) is 30.9. The Balaban J connectivity index is 1.79. The smallest absolute Gasteiger partial charge is 0.259 e. The molecule has 3 rings (SSSR count). The lowest BCUT2D eigenvalue weighted by Gasteiger charge is -2.06. The van der Waals surface area contributed by atoms with Crippen molar-refractivity contribution in [2.24, 2.45) is 0 Å². The van der Waals surface area contributed by atoms with Gasteiger partial charge in [0.05, 0.1) is 5.56 Å². The van der Waals surface area contributed by atoms with E-state index in [1.165, 1.54) is 0 Å². The van der Waals surface area contributed by atoms with E-state index in [0.717, 1.165) is 10.9 Å². The second kappa shape index (κ2) is 6.66. The van der Waals surface area contributed by atoms with Gasteiger partial charge < -0.3 is 14.8 Å². The first-order chi connectivity index (χ1) is 11.5. The molecule has 1 amide bonds. The quantitative estimate of drug-likeness (QED) is 0.747. The molecule has 7 nitrogen and oxygen atoms in total. The minimum absolute atomic E-state index is 0.0756. The molecular formula is C17H18N4O3. The zero-order valence-electron chi connectivity index (χ0n) is 13.5. The zero-order valence-corrected chi connectivity index (χ0v) is 13.5. The highest BCUT2D eigenvalue weighted by molar-refractivity contribution is 5.82. The number of aromatic nitrogens is 3. The molecule has 2 N–H and O–H groups in total. The number of pyridine rings is 1. The lowest BCUT2D eigenvalue weighted by molar-refractivity contribution is -0.121. The molecule has 2 aromatic heterocycles. The van der Waals surface area contributed by atoms with Crippen LogP contribution in [0.1, 0.15) is 26.2 Å². The molecule has 0 bridgehead atoms. The predicted octanol–water partition coefficient (Wildman–Crippen LogP) is 2.04. The average Bonchev–Trinajstić information content (AvgIpc) is 3.00. The Labute approximate surface area is 138 Å². The van der Waals surface area contributed by atoms with Crippen LogP contribution < -0.4 is 10.9 Å². The number of aromatic amines is 1. The van der Waals surface area contributed by atoms with Crippen molar-refractivity contribution in [3.8, 4) is 11.4 Å². The monoisotopic (exact) mass is 326 g/mol. The van der Waals surface area contributed by atoms with Gasteiger partial charge in [-0.05, 0) is 31.4 Å². The van der Waals surface area contributed by atoms with Crippen molar-refractivity contribution in [2.75, 3.05) is 0 Å². The van der Waals surface area contributed by atoms with Gasteiger partial charge >= 0.3 is 0 Å². The minimum atomic E-state index is -0.279. The summed E-state index contributed by atoms with van der Waals surface area (Å²) in [6, 6.07) is 9.29. The maximum Gasteiger partial charge on any atom is 0.259 e. The molecular weight excluding hydrogens is 308 g/mol. The molecule has 0 aliphatic heterocycles. The van der Waals surface area contributed by atoms with E-state index in [-0.39, 0.29) is 29.8 Å². The summed E-state index contributed by atoms with van der Waals surface area (Å²) < 4.78 is 5.15. The number of rotatable bonds is 5. The van der Waals surface area contributed by atoms with Crippen LogP contribution in [0.25, 0.3) is 22.3 Å². The van der Waals surface area contributed by atoms with Gasteiger partial charge in [-0.1, -0.05) is 23.4 Å². The normalized spacial score (nSPS) is 11.1. The molecule has 0 atom stereocenters. The van der Waals surface area contributed by atoms with Crippen LogP contribution in [0.3, 0.4) is 0 Å². The van der Waals surface area contributed by atoms with Crippen molar-refractivity contribution in [1.82, 2.24) is 20.4 Å². The van der Waals surface area contributed by atoms with Crippen molar-refractivity contribution >= 4 is 16.8 Å². The molecule has 7 heteroatoms. The van der Waals surface area contributed by atoms with Crippen molar-refractivity contribution < 1.29 is 9.32 Å². The molecule has 0 unspecified atom stereocenters. The minimum Gasteiger partial charge on any atom is -0.354 e. The molecule has 0 aliphatic carbocycles. The second-order valence-electron chi connectivity index (χ2n) is 5.83. The van der Waals surface area contributed by atoms with Gasteiger partial charge in [-0.3, -0.25) is 9.59 Å². The molecule has 0 radical (unpaired) electrons. The van der Waals surface area contributed by atoms with E-state index in [9.17, 15) is 9.59 Å². The zero-order chi connectivity index (χ0) is 17.1. The summed E-state index contributed by atoms with van der Waals surface area (Å²) in [5.74, 6) is 0.478. The van der Waals surface area contributed by atoms with Crippen LogP contribution in [0, 0.1) is 0 Å². The molecule has 0 aliphatic rings. The highest BCUT2D eigenvalue weighted by Gasteiger charge is 2.14. The number of benzene rings is 1. The summed E-state index contributed by atoms with van der Waals surface area (Å²) in [6.45, 7) is 3.80. The fourth-order valence-electron chi connectivity index (χ4n) is 2.39. The fourth-order valence-corrected chi connectivity index (χ4v) is 2.39. The molecule has 3 aromatic rings. The maximum atomic E-state index is 12.2. The molecule has 2 heterocycles. The SMILES string of the molecule is CC(C)NC(=O)CCc1nc(-c2cc3ccccc3[nH]c2=O)no1. The Morgan fingerprint density at radius 3 is 2.92 bits per heavy atom. The fraction of sp³-hybridized carbons (Fsp3) is 0.294. The molecule has 0 fully saturated rings. The third-order valence-corrected chi connectivity index (χ3v) is 3.48. The first-order valence-electron chi connectivity index (χ1n) is 7.77. The van der Waals surface area contributed by atoms with E-state index < -0.39 is 0 Å². The standard InChI is InChI=1S/C17H18N4O3/c1-10(2)18-14(22)7-8-15-20-16(21-24-15)12-9-11-5-3-4-6-13(11)19-17(12)23/h3-6,9-10H,7-8H2,1-2H3,(H,18,22)(H,19,23). The van der Waals surface area contributed by atoms with Gasteiger partial charge in [0.25, 0.3) is 5.56 Å². The molecule has 0 saturated heterocycles. The number of carbonyl (C=O) groups excluding carboxylic acids is 1. The van der Waals surface area contributed by atoms with Crippen LogP contribution in [0.15, 0.2) is 39.6 Å². The third kappa shape index (κ3) is 3.51. The molecule has 0 saturated carbocycles. The van der Waals surface area contributed by atoms with Crippen LogP contribution in [-0.4, -0.2) is 27.1 Å². The number of amides is 1. The number of nitrogens with one attached hydrogen (secondary N) is 2. The largest absolute Gasteiger partial charge is 0.354 e. The van der Waals surface area contributed by atoms with Gasteiger partial charge in [-0.2, -0.15) is 4.98 Å². The van der Waals surface area contributed by atoms with E-state index in [0.29, 0.717) is 17.9 Å². The topological polar surface area (TPSA) is 101 Å². The number of nitrogens with zero attached hydrogens (tertiary/aromatic N) is 2. The van der Waals surface area contributed by atoms with Crippen molar-refractivity contribution in [1.29, 1.82) is 0 Å². The van der Waals surface area contributed by atoms with E-state index in [2.05, 4.69) is 20.4 Å². The Morgan fingerprint density at radius 2 is 2.12 bits per heavy atom. The number of carbonyl (C=O) groups is 1. The van der Waals surface area contributed by atoms with E-state index >= 15 is 0 Å². The Bertz CT molecular complexity index is 927. The summed E-state index contributed by atoms with van der Waals surface area (Å²) in [5.41, 5.74) is 0.814. The van der Waals surface area contributed by atoms with Crippen LogP contribution in [-0.2, 0) is 11.2 Å². The van der Waals surface area contributed by atoms with Gasteiger partial charge in [0.15, 0.2) is 0 Å². The number of para-hydroxylation sites is 1. The van der Waals surface area contributed by atoms with E-state index in [1.807, 2.05) is 38.1 Å². The van der Waals surface area contributed by atoms with E-state index in [4.69, 9.17) is 4.52 Å². The lowest BCUT2D eigenvalue weighted by Crippen LogP contribution is -2.30. The molecule has 124 valence electrons. The van der Waals surface area contributed by atoms with Gasteiger partial charge in [0, 0.05) is 24.4 Å². The molecule has 24 heavy (non-hydrogen) atoms. The number of H-pyrrole nitrogens is 1. The van der Waals surface area contributed by atoms with Crippen LogP contribution in [0.4, 0.5) is 0 Å². The van der Waals surface area contributed by atoms with Crippen LogP contribution >= 0.6 is 0 Å². The lowest BCUT2D eigenvalue weighted by atomic mass is 10.1. The summed E-state index contributed by atoms with van der Waals surface area (Å²) >= 11 is 0. The first kappa shape index (κ1) is 15.9. The van der Waals surface area contributed by atoms with Gasteiger partial charge in [-0.15, -0.1) is 0 Å². The van der Waals surface area contributed by atoms with Gasteiger partial charge in [0.1, 0.15) is 0 Å². The van der Waals surface area contributed by atoms with Gasteiger partial charge in [-0.25, -0.2) is 0 Å². The summed E-state index contributed by atoms with van der Waals surface area (Å²) in [6.07, 6.45) is 0.588. The Hall–Kier alpha value is -2.96. The molecule has 0 spiro atoms. The number of fused-ring (bicyclic) bond motifs is 1. The maximum absolute atomic E-state index is 12.2. The van der Waals surface area contributed by atoms with Crippen molar-refractivity contribution in [3.05, 3.63) is 46.6 Å². The number of hydrogen-bond donors (Lipinski definition) is 2. The highest BCUT2D eigenvalue weighted by Crippen LogP contribution is 2.17. The first-order valence-corrected chi connectivity index (χ1v) is 7.77. The van der Waals surface area contributed by atoms with Crippen molar-refractivity contribution in [2.45, 2.75) is 32.7 Å². The molecule has 1 aromatic carbocycles. The number of hydrogen-bond acceptors (Lipinski definition) is 5. The van der Waals surface area contributed by atoms with Crippen molar-refractivity contribution in [3.63, 3.8) is 0 Å². The van der Waals surface area contributed by atoms with Gasteiger partial charge in [0.2, 0.25) is 17.6 Å². The Morgan fingerprint density at radius 1 is 1.33 bits per heavy atom. The van der Waals surface area contributed by atoms with Crippen LogP contribution in [0.2, 0.25) is 0 Å². The van der Waals surface area contributed by atoms with Crippen LogP contribution in [0.5, 0.6) is 0 Å². The third-order valence-electron chi connectivity index (χ3n) is 3.48. The Kier molecular flexibility index (Phi) is 4.41. The summed E-state index contributed by atoms with van der Waals surface area (Å²) in [5, 5.41) is 7.54. The highest BCUT2D eigenvalue weighted by atomic mass is 16.5. The number of aryl methyl sites for hydroxylation is 1.